The topological polar surface area (TPSA) is 18.5 Å². The monoisotopic (exact) mass is 300 g/mol. The molecule has 0 heterocycles. The minimum Gasteiger partial charge on any atom is -0.394 e. The predicted octanol–water partition coefficient (Wildman–Crippen LogP) is 5.81. The van der Waals surface area contributed by atoms with E-state index in [-0.39, 0.29) is 0 Å². The summed E-state index contributed by atoms with van der Waals surface area (Å²) in [5, 5.41) is 0. The molecule has 3 heteroatoms. The zero-order valence-corrected chi connectivity index (χ0v) is 15.1. The van der Waals surface area contributed by atoms with Crippen LogP contribution in [0.25, 0.3) is 0 Å². The molecule has 0 spiro atoms. The van der Waals surface area contributed by atoms with E-state index in [1.807, 2.05) is 0 Å². The van der Waals surface area contributed by atoms with Gasteiger partial charge in [-0.1, -0.05) is 58.3 Å². The Morgan fingerprint density at radius 3 is 1.95 bits per heavy atom. The van der Waals surface area contributed by atoms with Crippen molar-refractivity contribution in [2.24, 2.45) is 0 Å². The van der Waals surface area contributed by atoms with Crippen molar-refractivity contribution in [3.05, 3.63) is 0 Å². The third kappa shape index (κ3) is 5.86. The fourth-order valence-electron chi connectivity index (χ4n) is 3.63. The van der Waals surface area contributed by atoms with E-state index < -0.39 is 8.56 Å². The zero-order valence-electron chi connectivity index (χ0n) is 14.1. The van der Waals surface area contributed by atoms with Gasteiger partial charge in [-0.05, 0) is 32.7 Å². The minimum atomic E-state index is -1.95. The molecule has 2 nitrogen and oxygen atoms in total. The van der Waals surface area contributed by atoms with E-state index in [0.717, 1.165) is 18.8 Å². The maximum absolute atomic E-state index is 6.33. The molecule has 1 saturated carbocycles. The first-order valence-electron chi connectivity index (χ1n) is 9.07. The minimum absolute atomic E-state index is 0.752. The lowest BCUT2D eigenvalue weighted by Gasteiger charge is -2.39. The first-order chi connectivity index (χ1) is 9.79. The Morgan fingerprint density at radius 1 is 0.800 bits per heavy atom. The SMILES string of the molecule is CCCCCCC[Si](OCC)(OCC)C1CCCCC1. The number of hydrogen-bond donors (Lipinski definition) is 0. The van der Waals surface area contributed by atoms with E-state index in [2.05, 4.69) is 20.8 Å². The lowest BCUT2D eigenvalue weighted by molar-refractivity contribution is 0.163. The van der Waals surface area contributed by atoms with Gasteiger partial charge in [0.2, 0.25) is 0 Å². The second-order valence-electron chi connectivity index (χ2n) is 6.18. The van der Waals surface area contributed by atoms with Crippen LogP contribution in [0.4, 0.5) is 0 Å². The average Bonchev–Trinajstić information content (AvgIpc) is 2.48. The molecule has 0 aliphatic heterocycles. The zero-order chi connectivity index (χ0) is 14.7. The van der Waals surface area contributed by atoms with Crippen molar-refractivity contribution in [2.75, 3.05) is 13.2 Å². The Kier molecular flexibility index (Phi) is 9.83. The van der Waals surface area contributed by atoms with Gasteiger partial charge in [-0.3, -0.25) is 0 Å². The van der Waals surface area contributed by atoms with Crippen LogP contribution in [0.5, 0.6) is 0 Å². The van der Waals surface area contributed by atoms with Crippen LogP contribution in [0.15, 0.2) is 0 Å². The van der Waals surface area contributed by atoms with Gasteiger partial charge in [-0.15, -0.1) is 0 Å². The van der Waals surface area contributed by atoms with Gasteiger partial charge in [0.1, 0.15) is 0 Å². The Balaban J connectivity index is 2.55. The van der Waals surface area contributed by atoms with Gasteiger partial charge in [0, 0.05) is 18.8 Å². The molecular weight excluding hydrogens is 264 g/mol. The van der Waals surface area contributed by atoms with E-state index in [1.54, 1.807) is 0 Å². The second-order valence-corrected chi connectivity index (χ2v) is 9.69. The van der Waals surface area contributed by atoms with Crippen molar-refractivity contribution in [1.82, 2.24) is 0 Å². The third-order valence-electron chi connectivity index (χ3n) is 4.63. The highest BCUT2D eigenvalue weighted by molar-refractivity contribution is 6.69. The molecule has 0 radical (unpaired) electrons. The summed E-state index contributed by atoms with van der Waals surface area (Å²) < 4.78 is 12.7. The summed E-state index contributed by atoms with van der Waals surface area (Å²) >= 11 is 0. The van der Waals surface area contributed by atoms with Crippen LogP contribution in [0, 0.1) is 0 Å². The molecule has 1 aliphatic carbocycles. The van der Waals surface area contributed by atoms with Crippen molar-refractivity contribution in [2.45, 2.75) is 96.6 Å². The summed E-state index contributed by atoms with van der Waals surface area (Å²) in [5.74, 6) is 0. The van der Waals surface area contributed by atoms with Gasteiger partial charge < -0.3 is 8.85 Å². The summed E-state index contributed by atoms with van der Waals surface area (Å²) in [7, 11) is -1.95. The van der Waals surface area contributed by atoms with Crippen molar-refractivity contribution in [1.29, 1.82) is 0 Å². The first-order valence-corrected chi connectivity index (χ1v) is 11.2. The molecule has 1 aliphatic rings. The molecular formula is C17H36O2Si. The summed E-state index contributed by atoms with van der Waals surface area (Å²) in [6.07, 6.45) is 13.6. The van der Waals surface area contributed by atoms with Crippen molar-refractivity contribution < 1.29 is 8.85 Å². The van der Waals surface area contributed by atoms with Crippen molar-refractivity contribution in [3.8, 4) is 0 Å². The Labute approximate surface area is 127 Å². The molecule has 120 valence electrons. The van der Waals surface area contributed by atoms with Crippen molar-refractivity contribution >= 4 is 8.56 Å². The highest BCUT2D eigenvalue weighted by atomic mass is 28.4. The van der Waals surface area contributed by atoms with Crippen molar-refractivity contribution in [3.63, 3.8) is 0 Å². The quantitative estimate of drug-likeness (QED) is 0.354. The van der Waals surface area contributed by atoms with Gasteiger partial charge in [-0.25, -0.2) is 0 Å². The van der Waals surface area contributed by atoms with Crippen LogP contribution in [0.3, 0.4) is 0 Å². The van der Waals surface area contributed by atoms with Gasteiger partial charge in [0.25, 0.3) is 0 Å². The molecule has 1 rings (SSSR count). The maximum atomic E-state index is 6.33. The average molecular weight is 301 g/mol. The number of hydrogen-bond acceptors (Lipinski definition) is 2. The Morgan fingerprint density at radius 2 is 1.40 bits per heavy atom. The maximum Gasteiger partial charge on any atom is 0.341 e. The number of rotatable bonds is 11. The normalized spacial score (nSPS) is 17.6. The molecule has 0 aromatic carbocycles. The largest absolute Gasteiger partial charge is 0.394 e. The fraction of sp³-hybridized carbons (Fsp3) is 1.00. The molecule has 0 amide bonds. The molecule has 0 saturated heterocycles. The second kappa shape index (κ2) is 10.8. The lowest BCUT2D eigenvalue weighted by Crippen LogP contribution is -2.47. The summed E-state index contributed by atoms with van der Waals surface area (Å²) in [5.41, 5.74) is 0.752. The lowest BCUT2D eigenvalue weighted by atomic mass is 10.0. The van der Waals surface area contributed by atoms with Crippen LogP contribution in [0.1, 0.15) is 85.0 Å². The molecule has 0 bridgehead atoms. The molecule has 20 heavy (non-hydrogen) atoms. The third-order valence-corrected chi connectivity index (χ3v) is 9.06. The van der Waals surface area contributed by atoms with Crippen LogP contribution >= 0.6 is 0 Å². The molecule has 0 aromatic rings. The van der Waals surface area contributed by atoms with Gasteiger partial charge in [-0.2, -0.15) is 0 Å². The van der Waals surface area contributed by atoms with E-state index in [1.165, 1.54) is 70.3 Å². The standard InChI is InChI=1S/C17H36O2Si/c1-4-7-8-9-13-16-20(18-5-2,19-6-3)17-14-11-10-12-15-17/h17H,4-16H2,1-3H3. The molecule has 1 fully saturated rings. The van der Waals surface area contributed by atoms with Crippen LogP contribution in [-0.2, 0) is 8.85 Å². The van der Waals surface area contributed by atoms with E-state index in [0.29, 0.717) is 0 Å². The van der Waals surface area contributed by atoms with Crippen LogP contribution < -0.4 is 0 Å². The first kappa shape index (κ1) is 18.2. The van der Waals surface area contributed by atoms with Crippen LogP contribution in [0.2, 0.25) is 11.6 Å². The van der Waals surface area contributed by atoms with Gasteiger partial charge in [0.15, 0.2) is 0 Å². The Hall–Kier alpha value is 0.137. The van der Waals surface area contributed by atoms with E-state index in [4.69, 9.17) is 8.85 Å². The van der Waals surface area contributed by atoms with Gasteiger partial charge >= 0.3 is 8.56 Å². The molecule has 0 unspecified atom stereocenters. The Bertz CT molecular complexity index is 221. The van der Waals surface area contributed by atoms with E-state index in [9.17, 15) is 0 Å². The highest BCUT2D eigenvalue weighted by Gasteiger charge is 2.45. The number of unbranched alkanes of at least 4 members (excludes halogenated alkanes) is 4. The van der Waals surface area contributed by atoms with Gasteiger partial charge in [0.05, 0.1) is 0 Å². The van der Waals surface area contributed by atoms with Crippen LogP contribution in [-0.4, -0.2) is 21.8 Å². The molecule has 0 atom stereocenters. The summed E-state index contributed by atoms with van der Waals surface area (Å²) in [4.78, 5) is 0. The highest BCUT2D eigenvalue weighted by Crippen LogP contribution is 2.41. The summed E-state index contributed by atoms with van der Waals surface area (Å²) in [6, 6.07) is 1.23. The molecule has 0 aromatic heterocycles. The predicted molar refractivity (Wildman–Crippen MR) is 89.4 cm³/mol. The summed E-state index contributed by atoms with van der Waals surface area (Å²) in [6.45, 7) is 8.22. The van der Waals surface area contributed by atoms with E-state index >= 15 is 0 Å². The molecule has 0 N–H and O–H groups in total. The smallest absolute Gasteiger partial charge is 0.341 e. The fourth-order valence-corrected chi connectivity index (χ4v) is 7.89.